The van der Waals surface area contributed by atoms with E-state index in [0.29, 0.717) is 0 Å². The second kappa shape index (κ2) is 10.5. The van der Waals surface area contributed by atoms with Crippen molar-refractivity contribution in [2.75, 3.05) is 0 Å². The second-order valence-electron chi connectivity index (χ2n) is 11.6. The van der Waals surface area contributed by atoms with Gasteiger partial charge in [0, 0.05) is 51.3 Å². The first kappa shape index (κ1) is 26.2. The van der Waals surface area contributed by atoms with Crippen LogP contribution in [0.15, 0.2) is 152 Å². The number of hydrogen-bond acceptors (Lipinski definition) is 3. The number of hydrogen-bond donors (Lipinski definition) is 0. The van der Waals surface area contributed by atoms with Gasteiger partial charge in [0.1, 0.15) is 17.3 Å². The number of pyridine rings is 2. The van der Waals surface area contributed by atoms with Crippen LogP contribution >= 0.6 is 0 Å². The molecule has 0 unspecified atom stereocenters. The van der Waals surface area contributed by atoms with Crippen molar-refractivity contribution >= 4 is 43.6 Å². The van der Waals surface area contributed by atoms with E-state index in [9.17, 15) is 0 Å². The zero-order valence-corrected chi connectivity index (χ0v) is 25.1. The van der Waals surface area contributed by atoms with Crippen LogP contribution in [0.25, 0.3) is 66.4 Å². The predicted molar refractivity (Wildman–Crippen MR) is 187 cm³/mol. The van der Waals surface area contributed by atoms with Crippen LogP contribution in [0.2, 0.25) is 0 Å². The van der Waals surface area contributed by atoms with Crippen molar-refractivity contribution in [1.82, 2.24) is 19.1 Å². The van der Waals surface area contributed by atoms with E-state index < -0.39 is 0 Å². The summed E-state index contributed by atoms with van der Waals surface area (Å²) in [6, 6.07) is 48.4. The van der Waals surface area contributed by atoms with E-state index in [1.54, 1.807) is 0 Å². The van der Waals surface area contributed by atoms with Crippen LogP contribution in [0, 0.1) is 6.92 Å². The molecule has 0 amide bonds. The summed E-state index contributed by atoms with van der Waals surface area (Å²) in [7, 11) is 0. The molecule has 5 heteroatoms. The number of rotatable bonds is 5. The molecule has 9 aromatic rings. The van der Waals surface area contributed by atoms with Crippen LogP contribution < -0.4 is 4.74 Å². The SMILES string of the molecule is Cc1ccnc(-c2cccc(Oc3ccc4c5c6c7ccccc7n(-c7ccccc7)c6ccc5n(-c5ccccn5)c4c3)c2)c1. The maximum Gasteiger partial charge on any atom is 0.137 e. The van der Waals surface area contributed by atoms with Gasteiger partial charge in [-0.1, -0.05) is 54.6 Å². The molecule has 9 rings (SSSR count). The Morgan fingerprint density at radius 1 is 0.500 bits per heavy atom. The lowest BCUT2D eigenvalue weighted by Crippen LogP contribution is -1.97. The summed E-state index contributed by atoms with van der Waals surface area (Å²) in [4.78, 5) is 9.36. The molecule has 0 atom stereocenters. The van der Waals surface area contributed by atoms with Gasteiger partial charge in [-0.05, 0) is 91.3 Å². The van der Waals surface area contributed by atoms with E-state index in [0.717, 1.165) is 50.7 Å². The number of ether oxygens (including phenoxy) is 1. The fourth-order valence-corrected chi connectivity index (χ4v) is 6.75. The standard InChI is InChI=1S/C41H28N4O/c1-27-21-23-42-34(24-27)28-10-9-13-30(25-28)46-31-17-18-33-38(26-31)45(39-16-7-8-22-43-39)37-20-19-36-40(41(33)37)32-14-5-6-15-35(32)44(36)29-11-3-2-4-12-29/h2-26H,1H3. The van der Waals surface area contributed by atoms with Gasteiger partial charge in [-0.25, -0.2) is 4.98 Å². The Kier molecular flexibility index (Phi) is 5.96. The minimum absolute atomic E-state index is 0.754. The molecule has 0 bridgehead atoms. The van der Waals surface area contributed by atoms with Gasteiger partial charge in [0.05, 0.1) is 27.8 Å². The first-order valence-electron chi connectivity index (χ1n) is 15.4. The first-order valence-corrected chi connectivity index (χ1v) is 15.4. The van der Waals surface area contributed by atoms with Crippen molar-refractivity contribution in [2.45, 2.75) is 6.92 Å². The van der Waals surface area contributed by atoms with Gasteiger partial charge < -0.3 is 9.30 Å². The van der Waals surface area contributed by atoms with Crippen LogP contribution in [0.4, 0.5) is 0 Å². The third-order valence-electron chi connectivity index (χ3n) is 8.71. The quantitative estimate of drug-likeness (QED) is 0.200. The molecule has 46 heavy (non-hydrogen) atoms. The Labute approximate surface area is 265 Å². The Bertz CT molecular complexity index is 2560. The summed E-state index contributed by atoms with van der Waals surface area (Å²) in [5.74, 6) is 2.37. The van der Waals surface area contributed by atoms with Gasteiger partial charge in [-0.3, -0.25) is 9.55 Å². The van der Waals surface area contributed by atoms with Crippen molar-refractivity contribution in [3.63, 3.8) is 0 Å². The van der Waals surface area contributed by atoms with E-state index in [-0.39, 0.29) is 0 Å². The van der Waals surface area contributed by atoms with Crippen LogP contribution in [0.1, 0.15) is 5.56 Å². The highest BCUT2D eigenvalue weighted by Crippen LogP contribution is 2.43. The molecule has 0 aliphatic carbocycles. The molecular formula is C41H28N4O. The monoisotopic (exact) mass is 592 g/mol. The van der Waals surface area contributed by atoms with Crippen LogP contribution in [-0.2, 0) is 0 Å². The van der Waals surface area contributed by atoms with Crippen molar-refractivity contribution in [3.05, 3.63) is 157 Å². The highest BCUT2D eigenvalue weighted by molar-refractivity contribution is 6.28. The fraction of sp³-hybridized carbons (Fsp3) is 0.0244. The fourth-order valence-electron chi connectivity index (χ4n) is 6.75. The molecule has 5 aromatic carbocycles. The molecule has 0 saturated heterocycles. The van der Waals surface area contributed by atoms with Crippen LogP contribution in [0.3, 0.4) is 0 Å². The number of nitrogens with zero attached hydrogens (tertiary/aromatic N) is 4. The molecule has 0 N–H and O–H groups in total. The summed E-state index contributed by atoms with van der Waals surface area (Å²) >= 11 is 0. The van der Waals surface area contributed by atoms with E-state index in [1.807, 2.05) is 48.8 Å². The van der Waals surface area contributed by atoms with Gasteiger partial charge >= 0.3 is 0 Å². The smallest absolute Gasteiger partial charge is 0.137 e. The largest absolute Gasteiger partial charge is 0.457 e. The minimum Gasteiger partial charge on any atom is -0.457 e. The maximum absolute atomic E-state index is 6.52. The second-order valence-corrected chi connectivity index (χ2v) is 11.6. The van der Waals surface area contributed by atoms with Gasteiger partial charge in [0.25, 0.3) is 0 Å². The lowest BCUT2D eigenvalue weighted by molar-refractivity contribution is 0.483. The minimum atomic E-state index is 0.754. The molecule has 0 fully saturated rings. The van der Waals surface area contributed by atoms with Crippen molar-refractivity contribution in [3.8, 4) is 34.3 Å². The van der Waals surface area contributed by atoms with E-state index in [1.165, 1.54) is 32.8 Å². The van der Waals surface area contributed by atoms with Gasteiger partial charge in [-0.2, -0.15) is 0 Å². The lowest BCUT2D eigenvalue weighted by Gasteiger charge is -2.10. The van der Waals surface area contributed by atoms with Gasteiger partial charge in [0.2, 0.25) is 0 Å². The summed E-state index contributed by atoms with van der Waals surface area (Å²) in [5, 5.41) is 4.79. The zero-order valence-electron chi connectivity index (χ0n) is 25.1. The summed E-state index contributed by atoms with van der Waals surface area (Å²) < 4.78 is 11.1. The number of benzene rings is 5. The molecule has 218 valence electrons. The third kappa shape index (κ3) is 4.17. The van der Waals surface area contributed by atoms with Crippen molar-refractivity contribution in [1.29, 1.82) is 0 Å². The Morgan fingerprint density at radius 2 is 1.26 bits per heavy atom. The average Bonchev–Trinajstić information content (AvgIpc) is 3.61. The predicted octanol–water partition coefficient (Wildman–Crippen LogP) is 10.4. The summed E-state index contributed by atoms with van der Waals surface area (Å²) in [6.07, 6.45) is 3.69. The molecule has 0 radical (unpaired) electrons. The number of aryl methyl sites for hydroxylation is 1. The Morgan fingerprint density at radius 3 is 2.09 bits per heavy atom. The van der Waals surface area contributed by atoms with Crippen LogP contribution in [-0.4, -0.2) is 19.1 Å². The summed E-state index contributed by atoms with van der Waals surface area (Å²) in [6.45, 7) is 2.08. The Balaban J connectivity index is 1.28. The number of para-hydroxylation sites is 2. The molecule has 4 heterocycles. The molecule has 0 aliphatic heterocycles. The maximum atomic E-state index is 6.52. The number of aromatic nitrogens is 4. The first-order chi connectivity index (χ1) is 22.7. The molecule has 5 nitrogen and oxygen atoms in total. The lowest BCUT2D eigenvalue weighted by atomic mass is 10.1. The highest BCUT2D eigenvalue weighted by Gasteiger charge is 2.21. The number of fused-ring (bicyclic) bond motifs is 7. The van der Waals surface area contributed by atoms with E-state index in [2.05, 4.69) is 124 Å². The van der Waals surface area contributed by atoms with Crippen LogP contribution in [0.5, 0.6) is 11.5 Å². The average molecular weight is 593 g/mol. The Hall–Kier alpha value is -6.20. The van der Waals surface area contributed by atoms with Gasteiger partial charge in [0.15, 0.2) is 0 Å². The highest BCUT2D eigenvalue weighted by atomic mass is 16.5. The van der Waals surface area contributed by atoms with Crippen molar-refractivity contribution in [2.24, 2.45) is 0 Å². The van der Waals surface area contributed by atoms with Gasteiger partial charge in [-0.15, -0.1) is 0 Å². The molecular weight excluding hydrogens is 564 g/mol. The van der Waals surface area contributed by atoms with E-state index >= 15 is 0 Å². The molecule has 0 saturated carbocycles. The third-order valence-corrected chi connectivity index (χ3v) is 8.71. The molecule has 0 spiro atoms. The van der Waals surface area contributed by atoms with Crippen molar-refractivity contribution < 1.29 is 4.74 Å². The summed E-state index contributed by atoms with van der Waals surface area (Å²) in [5.41, 5.74) is 8.73. The zero-order chi connectivity index (χ0) is 30.6. The molecule has 4 aromatic heterocycles. The van der Waals surface area contributed by atoms with E-state index in [4.69, 9.17) is 9.72 Å². The molecule has 0 aliphatic rings. The topological polar surface area (TPSA) is 44.9 Å². The normalized spacial score (nSPS) is 11.6.